The van der Waals surface area contributed by atoms with Crippen molar-refractivity contribution < 1.29 is 38.0 Å². The number of imidazole rings is 1. The molecule has 17 heteroatoms. The minimum atomic E-state index is -1.63. The van der Waals surface area contributed by atoms with E-state index in [1.165, 1.54) is 13.3 Å². The molecule has 61 heavy (non-hydrogen) atoms. The molecule has 2 aliphatic rings. The number of fused-ring (bicyclic) bond motifs is 2. The Morgan fingerprint density at radius 1 is 0.869 bits per heavy atom. The molecule has 312 valence electrons. The van der Waals surface area contributed by atoms with Crippen LogP contribution >= 0.6 is 11.6 Å². The van der Waals surface area contributed by atoms with Crippen LogP contribution in [0, 0.1) is 0 Å². The molecule has 2 aromatic heterocycles. The Bertz CT molecular complexity index is 2480. The second-order valence-electron chi connectivity index (χ2n) is 14.5. The molecule has 0 spiro atoms. The summed E-state index contributed by atoms with van der Waals surface area (Å²) in [5.74, 6) is -1.32. The predicted octanol–water partition coefficient (Wildman–Crippen LogP) is 7.28. The van der Waals surface area contributed by atoms with E-state index in [4.69, 9.17) is 40.0 Å². The lowest BCUT2D eigenvalue weighted by Crippen LogP contribution is -2.71. The van der Waals surface area contributed by atoms with Gasteiger partial charge in [0.05, 0.1) is 32.8 Å². The van der Waals surface area contributed by atoms with Crippen molar-refractivity contribution in [3.05, 3.63) is 166 Å². The molecule has 2 fully saturated rings. The van der Waals surface area contributed by atoms with E-state index in [1.54, 1.807) is 4.57 Å². The van der Waals surface area contributed by atoms with Crippen molar-refractivity contribution in [3.63, 3.8) is 0 Å². The van der Waals surface area contributed by atoms with Crippen LogP contribution < -0.4 is 5.32 Å². The Labute approximate surface area is 355 Å². The fourth-order valence-electron chi connectivity index (χ4n) is 7.70. The van der Waals surface area contributed by atoms with Crippen molar-refractivity contribution >= 4 is 40.6 Å². The molecular weight excluding hydrogens is 804 g/mol. The summed E-state index contributed by atoms with van der Waals surface area (Å²) in [5, 5.41) is 6.51. The smallest absolute Gasteiger partial charge is 0.318 e. The molecule has 6 aromatic rings. The molecule has 2 saturated heterocycles. The van der Waals surface area contributed by atoms with E-state index >= 15 is 0 Å². The van der Waals surface area contributed by atoms with E-state index in [1.807, 2.05) is 121 Å². The number of ether oxygens (including phenoxy) is 6. The molecule has 7 atom stereocenters. The standard InChI is InChI=1S/C44H41ClN8O8/c1-28(54)48-43-49-39(45)35-40(50-43)47-27-53(35)41-38-44(60-25-32-20-12-5-13-21-32,33(26-58-38)56-22-29-14-6-2-7-15-29)37(57-23-30-16-8-3-9-17-30)36(61-41)34(51-52-46)42(55)59-24-31-18-10-4-11-19-31/h2-21,27,33-34,36-38,41H,22-26H2,1H3,(H,48,49,50,54)/t33-,34-,36-,37+,38-,41+,44-/m0/s1. The van der Waals surface area contributed by atoms with Crippen LogP contribution in [-0.2, 0) is 64.4 Å². The number of hydrogen-bond acceptors (Lipinski definition) is 12. The zero-order chi connectivity index (χ0) is 42.2. The van der Waals surface area contributed by atoms with Crippen molar-refractivity contribution in [2.45, 2.75) is 75.6 Å². The lowest BCUT2D eigenvalue weighted by molar-refractivity contribution is -0.316. The van der Waals surface area contributed by atoms with E-state index < -0.39 is 54.2 Å². The molecule has 1 amide bonds. The van der Waals surface area contributed by atoms with E-state index in [2.05, 4.69) is 30.3 Å². The van der Waals surface area contributed by atoms with Crippen molar-refractivity contribution in [2.75, 3.05) is 11.9 Å². The van der Waals surface area contributed by atoms with Crippen LogP contribution in [0.1, 0.15) is 35.4 Å². The lowest BCUT2D eigenvalue weighted by Gasteiger charge is -2.53. The van der Waals surface area contributed by atoms with Crippen LogP contribution in [0.2, 0.25) is 5.15 Å². The Morgan fingerprint density at radius 3 is 2.03 bits per heavy atom. The largest absolute Gasteiger partial charge is 0.460 e. The normalized spacial score (nSPS) is 22.5. The van der Waals surface area contributed by atoms with Gasteiger partial charge >= 0.3 is 5.97 Å². The third kappa shape index (κ3) is 9.11. The quantitative estimate of drug-likeness (QED) is 0.0338. The summed E-state index contributed by atoms with van der Waals surface area (Å²) in [4.78, 5) is 42.6. The SMILES string of the molecule is CC(=O)Nc1nc(Cl)c2c(ncn2[C@@H]2O[C@@H]([C@H](N=[N+]=[N-])C(=O)OCc3ccccc3)[C@@H](OCc3ccccc3)[C@@]3(OCc4ccccc4)[C@@H](OCc4ccccc4)CO[C@@H]23)n1. The molecule has 16 nitrogen and oxygen atoms in total. The second-order valence-corrected chi connectivity index (χ2v) is 14.8. The van der Waals surface area contributed by atoms with Gasteiger partial charge in [-0.3, -0.25) is 19.5 Å². The maximum Gasteiger partial charge on any atom is 0.318 e. The van der Waals surface area contributed by atoms with Gasteiger partial charge in [0.15, 0.2) is 28.7 Å². The number of carbonyl (C=O) groups is 2. The van der Waals surface area contributed by atoms with Crippen molar-refractivity contribution in [2.24, 2.45) is 5.11 Å². The predicted molar refractivity (Wildman–Crippen MR) is 221 cm³/mol. The summed E-state index contributed by atoms with van der Waals surface area (Å²) in [6, 6.07) is 36.1. The van der Waals surface area contributed by atoms with Crippen molar-refractivity contribution in [1.82, 2.24) is 19.5 Å². The molecule has 1 N–H and O–H groups in total. The van der Waals surface area contributed by atoms with Gasteiger partial charge in [-0.15, -0.1) is 0 Å². The number of esters is 1. The van der Waals surface area contributed by atoms with Gasteiger partial charge in [0, 0.05) is 11.8 Å². The average molecular weight is 845 g/mol. The van der Waals surface area contributed by atoms with Crippen molar-refractivity contribution in [3.8, 4) is 0 Å². The fraction of sp³-hybridized carbons (Fsp3) is 0.295. The Kier molecular flexibility index (Phi) is 12.9. The number of halogens is 1. The molecule has 0 aliphatic carbocycles. The Balaban J connectivity index is 1.29. The Hall–Kier alpha value is -6.23. The number of carbonyl (C=O) groups excluding carboxylic acids is 2. The minimum absolute atomic E-state index is 0.00174. The van der Waals surface area contributed by atoms with Crippen molar-refractivity contribution in [1.29, 1.82) is 0 Å². The topological polar surface area (TPSA) is 194 Å². The Morgan fingerprint density at radius 2 is 1.44 bits per heavy atom. The first-order valence-corrected chi connectivity index (χ1v) is 19.9. The zero-order valence-corrected chi connectivity index (χ0v) is 33.7. The lowest BCUT2D eigenvalue weighted by atomic mass is 9.78. The minimum Gasteiger partial charge on any atom is -0.460 e. The van der Waals surface area contributed by atoms with Gasteiger partial charge in [-0.05, 0) is 27.8 Å². The number of nitrogens with zero attached hydrogens (tertiary/aromatic N) is 7. The summed E-state index contributed by atoms with van der Waals surface area (Å²) in [5.41, 5.74) is 12.1. The van der Waals surface area contributed by atoms with Gasteiger partial charge in [0.25, 0.3) is 0 Å². The van der Waals surface area contributed by atoms with Gasteiger partial charge < -0.3 is 28.4 Å². The highest BCUT2D eigenvalue weighted by Gasteiger charge is 2.69. The number of anilines is 1. The summed E-state index contributed by atoms with van der Waals surface area (Å²) in [6.45, 7) is 1.46. The first-order valence-electron chi connectivity index (χ1n) is 19.5. The van der Waals surface area contributed by atoms with Gasteiger partial charge in [0.1, 0.15) is 36.5 Å². The maximum absolute atomic E-state index is 14.4. The van der Waals surface area contributed by atoms with E-state index in [0.29, 0.717) is 5.56 Å². The molecule has 4 aromatic carbocycles. The van der Waals surface area contributed by atoms with Crippen LogP contribution in [0.3, 0.4) is 0 Å². The summed E-state index contributed by atoms with van der Waals surface area (Å²) in [7, 11) is 0. The monoisotopic (exact) mass is 844 g/mol. The van der Waals surface area contributed by atoms with Crippen LogP contribution in [0.4, 0.5) is 5.95 Å². The first-order chi connectivity index (χ1) is 29.8. The number of rotatable bonds is 16. The number of amides is 1. The number of aromatic nitrogens is 4. The highest BCUT2D eigenvalue weighted by Crippen LogP contribution is 2.50. The fourth-order valence-corrected chi connectivity index (χ4v) is 7.96. The first kappa shape index (κ1) is 41.5. The van der Waals surface area contributed by atoms with Gasteiger partial charge in [0.2, 0.25) is 11.9 Å². The summed E-state index contributed by atoms with van der Waals surface area (Å²) in [6.07, 6.45) is -4.30. The van der Waals surface area contributed by atoms with E-state index in [9.17, 15) is 15.1 Å². The molecule has 0 bridgehead atoms. The second kappa shape index (κ2) is 19.0. The third-order valence-corrected chi connectivity index (χ3v) is 10.7. The van der Waals surface area contributed by atoms with E-state index in [-0.39, 0.29) is 55.3 Å². The maximum atomic E-state index is 14.4. The third-order valence-electron chi connectivity index (χ3n) is 10.5. The van der Waals surface area contributed by atoms with Crippen LogP contribution in [0.25, 0.3) is 21.6 Å². The molecule has 0 unspecified atom stereocenters. The summed E-state index contributed by atoms with van der Waals surface area (Å²) >= 11 is 6.84. The van der Waals surface area contributed by atoms with Crippen LogP contribution in [-0.4, -0.2) is 74.1 Å². The summed E-state index contributed by atoms with van der Waals surface area (Å²) < 4.78 is 42.0. The number of azide groups is 1. The molecular formula is C44H41ClN8O8. The number of nitrogens with one attached hydrogen (secondary N) is 1. The number of benzene rings is 4. The average Bonchev–Trinajstić information content (AvgIpc) is 3.89. The molecule has 2 aliphatic heterocycles. The van der Waals surface area contributed by atoms with Gasteiger partial charge in [-0.25, -0.2) is 4.98 Å². The molecule has 0 radical (unpaired) electrons. The molecule has 4 heterocycles. The van der Waals surface area contributed by atoms with E-state index in [0.717, 1.165) is 16.7 Å². The van der Waals surface area contributed by atoms with Crippen LogP contribution in [0.15, 0.2) is 133 Å². The zero-order valence-electron chi connectivity index (χ0n) is 32.9. The highest BCUT2D eigenvalue weighted by atomic mass is 35.5. The number of hydrogen-bond donors (Lipinski definition) is 1. The van der Waals surface area contributed by atoms with Crippen LogP contribution in [0.5, 0.6) is 0 Å². The highest BCUT2D eigenvalue weighted by molar-refractivity contribution is 6.33. The van der Waals surface area contributed by atoms with Gasteiger partial charge in [-0.1, -0.05) is 138 Å². The molecule has 8 rings (SSSR count). The van der Waals surface area contributed by atoms with Gasteiger partial charge in [-0.2, -0.15) is 9.97 Å². The molecule has 0 saturated carbocycles.